The van der Waals surface area contributed by atoms with E-state index in [2.05, 4.69) is 19.2 Å². The zero-order chi connectivity index (χ0) is 19.8. The highest BCUT2D eigenvalue weighted by molar-refractivity contribution is 6.32. The molecule has 1 amide bonds. The van der Waals surface area contributed by atoms with Crippen LogP contribution in [0.3, 0.4) is 0 Å². The van der Waals surface area contributed by atoms with Crippen molar-refractivity contribution in [1.29, 1.82) is 0 Å². The molecule has 0 heterocycles. The van der Waals surface area contributed by atoms with E-state index in [1.807, 2.05) is 19.1 Å². The summed E-state index contributed by atoms with van der Waals surface area (Å²) in [6, 6.07) is 10.5. The van der Waals surface area contributed by atoms with Crippen LogP contribution in [0.4, 0.5) is 5.69 Å². The van der Waals surface area contributed by atoms with Crippen molar-refractivity contribution in [2.45, 2.75) is 27.2 Å². The van der Waals surface area contributed by atoms with Crippen LogP contribution in [-0.2, 0) is 0 Å². The predicted octanol–water partition coefficient (Wildman–Crippen LogP) is 5.42. The Kier molecular flexibility index (Phi) is 7.80. The zero-order valence-electron chi connectivity index (χ0n) is 16.2. The van der Waals surface area contributed by atoms with Crippen molar-refractivity contribution in [2.75, 3.05) is 25.6 Å². The number of nitrogens with one attached hydrogen (secondary N) is 1. The molecular weight excluding hydrogens is 366 g/mol. The van der Waals surface area contributed by atoms with Gasteiger partial charge < -0.3 is 19.5 Å². The number of amides is 1. The molecule has 0 radical (unpaired) electrons. The molecule has 6 heteroatoms. The predicted molar refractivity (Wildman–Crippen MR) is 109 cm³/mol. The van der Waals surface area contributed by atoms with Crippen LogP contribution in [0.25, 0.3) is 0 Å². The smallest absolute Gasteiger partial charge is 0.255 e. The Bertz CT molecular complexity index is 777. The number of halogens is 1. The number of para-hydroxylation sites is 2. The quantitative estimate of drug-likeness (QED) is 0.619. The number of rotatable bonds is 9. The topological polar surface area (TPSA) is 56.8 Å². The maximum absolute atomic E-state index is 12.7. The molecule has 0 aliphatic rings. The van der Waals surface area contributed by atoms with Gasteiger partial charge in [0.25, 0.3) is 5.91 Å². The Balaban J connectivity index is 2.21. The van der Waals surface area contributed by atoms with Gasteiger partial charge in [0.05, 0.1) is 31.0 Å². The second kappa shape index (κ2) is 10.1. The molecule has 146 valence electrons. The third-order valence-electron chi connectivity index (χ3n) is 3.87. The van der Waals surface area contributed by atoms with Crippen molar-refractivity contribution in [1.82, 2.24) is 0 Å². The van der Waals surface area contributed by atoms with Crippen molar-refractivity contribution in [2.24, 2.45) is 5.92 Å². The molecule has 0 saturated heterocycles. The summed E-state index contributed by atoms with van der Waals surface area (Å²) >= 11 is 6.35. The van der Waals surface area contributed by atoms with Gasteiger partial charge in [-0.2, -0.15) is 0 Å². The minimum absolute atomic E-state index is 0.309. The summed E-state index contributed by atoms with van der Waals surface area (Å²) < 4.78 is 16.7. The summed E-state index contributed by atoms with van der Waals surface area (Å²) in [4.78, 5) is 12.7. The van der Waals surface area contributed by atoms with Gasteiger partial charge in [0.2, 0.25) is 0 Å². The van der Waals surface area contributed by atoms with Crippen molar-refractivity contribution < 1.29 is 19.0 Å². The monoisotopic (exact) mass is 391 g/mol. The third kappa shape index (κ3) is 5.79. The van der Waals surface area contributed by atoms with Crippen molar-refractivity contribution in [3.8, 4) is 17.2 Å². The van der Waals surface area contributed by atoms with Crippen LogP contribution in [0.2, 0.25) is 5.02 Å². The summed E-state index contributed by atoms with van der Waals surface area (Å²) in [6.45, 7) is 7.17. The van der Waals surface area contributed by atoms with E-state index in [1.54, 1.807) is 24.3 Å². The lowest BCUT2D eigenvalue weighted by Gasteiger charge is -2.15. The Hall–Kier alpha value is -2.40. The van der Waals surface area contributed by atoms with Crippen LogP contribution in [0, 0.1) is 5.92 Å². The molecule has 2 aromatic rings. The minimum atomic E-state index is -0.309. The largest absolute Gasteiger partial charge is 0.493 e. The highest BCUT2D eigenvalue weighted by atomic mass is 35.5. The maximum Gasteiger partial charge on any atom is 0.255 e. The first-order valence-electron chi connectivity index (χ1n) is 8.99. The molecular formula is C21H26ClNO4. The maximum atomic E-state index is 12.7. The molecule has 2 rings (SSSR count). The fourth-order valence-corrected chi connectivity index (χ4v) is 2.70. The molecule has 1 N–H and O–H groups in total. The molecule has 27 heavy (non-hydrogen) atoms. The number of carbonyl (C=O) groups excluding carboxylic acids is 1. The molecule has 0 aliphatic carbocycles. The fourth-order valence-electron chi connectivity index (χ4n) is 2.43. The number of carbonyl (C=O) groups is 1. The lowest BCUT2D eigenvalue weighted by molar-refractivity contribution is 0.102. The summed E-state index contributed by atoms with van der Waals surface area (Å²) in [5.41, 5.74) is 0.969. The van der Waals surface area contributed by atoms with Gasteiger partial charge in [-0.05, 0) is 43.5 Å². The molecule has 0 unspecified atom stereocenters. The SMILES string of the molecule is CCOc1ccccc1NC(=O)c1cc(Cl)c(OCCC(C)C)c(OC)c1. The van der Waals surface area contributed by atoms with Gasteiger partial charge in [0, 0.05) is 5.56 Å². The zero-order valence-corrected chi connectivity index (χ0v) is 16.9. The highest BCUT2D eigenvalue weighted by Crippen LogP contribution is 2.37. The Morgan fingerprint density at radius 3 is 2.56 bits per heavy atom. The molecule has 0 aliphatic heterocycles. The normalized spacial score (nSPS) is 10.6. The van der Waals surface area contributed by atoms with E-state index in [0.717, 1.165) is 6.42 Å². The van der Waals surface area contributed by atoms with Gasteiger partial charge in [0.1, 0.15) is 5.75 Å². The molecule has 0 spiro atoms. The van der Waals surface area contributed by atoms with Crippen molar-refractivity contribution in [3.05, 3.63) is 47.0 Å². The Morgan fingerprint density at radius 1 is 1.15 bits per heavy atom. The third-order valence-corrected chi connectivity index (χ3v) is 4.15. The standard InChI is InChI=1S/C21H26ClNO4/c1-5-26-18-9-7-6-8-17(18)23-21(24)15-12-16(22)20(19(13-15)25-4)27-11-10-14(2)3/h6-9,12-14H,5,10-11H2,1-4H3,(H,23,24). The van der Waals surface area contributed by atoms with Crippen LogP contribution in [-0.4, -0.2) is 26.2 Å². The van der Waals surface area contributed by atoms with E-state index in [4.69, 9.17) is 25.8 Å². The highest BCUT2D eigenvalue weighted by Gasteiger charge is 2.17. The van der Waals surface area contributed by atoms with Crippen molar-refractivity contribution in [3.63, 3.8) is 0 Å². The number of benzene rings is 2. The van der Waals surface area contributed by atoms with Gasteiger partial charge >= 0.3 is 0 Å². The fraction of sp³-hybridized carbons (Fsp3) is 0.381. The molecule has 0 aromatic heterocycles. The van der Waals surface area contributed by atoms with E-state index in [1.165, 1.54) is 7.11 Å². The van der Waals surface area contributed by atoms with Crippen LogP contribution in [0.15, 0.2) is 36.4 Å². The van der Waals surface area contributed by atoms with E-state index >= 15 is 0 Å². The van der Waals surface area contributed by atoms with Crippen LogP contribution in [0.5, 0.6) is 17.2 Å². The molecule has 2 aromatic carbocycles. The van der Waals surface area contributed by atoms with Gasteiger partial charge in [-0.3, -0.25) is 4.79 Å². The first kappa shape index (κ1) is 20.9. The lowest BCUT2D eigenvalue weighted by atomic mass is 10.1. The summed E-state index contributed by atoms with van der Waals surface area (Å²) in [5, 5.41) is 3.18. The number of anilines is 1. The summed E-state index contributed by atoms with van der Waals surface area (Å²) in [7, 11) is 1.52. The molecule has 0 fully saturated rings. The first-order valence-corrected chi connectivity index (χ1v) is 9.37. The molecule has 0 saturated carbocycles. The van der Waals surface area contributed by atoms with Crippen LogP contribution < -0.4 is 19.5 Å². The molecule has 0 atom stereocenters. The van der Waals surface area contributed by atoms with E-state index in [9.17, 15) is 4.79 Å². The average molecular weight is 392 g/mol. The Morgan fingerprint density at radius 2 is 1.89 bits per heavy atom. The number of methoxy groups -OCH3 is 1. The minimum Gasteiger partial charge on any atom is -0.493 e. The van der Waals surface area contributed by atoms with Gasteiger partial charge in [-0.1, -0.05) is 37.6 Å². The van der Waals surface area contributed by atoms with E-state index in [0.29, 0.717) is 52.7 Å². The van der Waals surface area contributed by atoms with Gasteiger partial charge in [-0.25, -0.2) is 0 Å². The number of ether oxygens (including phenoxy) is 3. The molecule has 5 nitrogen and oxygen atoms in total. The molecule has 0 bridgehead atoms. The summed E-state index contributed by atoms with van der Waals surface area (Å²) in [5.74, 6) is 1.70. The second-order valence-electron chi connectivity index (χ2n) is 6.40. The average Bonchev–Trinajstić information content (AvgIpc) is 2.64. The van der Waals surface area contributed by atoms with Crippen LogP contribution >= 0.6 is 11.6 Å². The summed E-state index contributed by atoms with van der Waals surface area (Å²) in [6.07, 6.45) is 0.899. The van der Waals surface area contributed by atoms with Gasteiger partial charge in [0.15, 0.2) is 11.5 Å². The second-order valence-corrected chi connectivity index (χ2v) is 6.81. The van der Waals surface area contributed by atoms with Crippen molar-refractivity contribution >= 4 is 23.2 Å². The number of hydrogen-bond acceptors (Lipinski definition) is 4. The number of hydrogen-bond donors (Lipinski definition) is 1. The van der Waals surface area contributed by atoms with E-state index < -0.39 is 0 Å². The van der Waals surface area contributed by atoms with Crippen LogP contribution in [0.1, 0.15) is 37.6 Å². The lowest BCUT2D eigenvalue weighted by Crippen LogP contribution is -2.13. The van der Waals surface area contributed by atoms with Gasteiger partial charge in [-0.15, -0.1) is 0 Å². The first-order chi connectivity index (χ1) is 13.0. The Labute approximate surface area is 165 Å². The van der Waals surface area contributed by atoms with E-state index in [-0.39, 0.29) is 5.91 Å².